The molecule has 5 nitrogen and oxygen atoms in total. The number of Topliss-reactive ketones (excluding diaryl/α,β-unsaturated/α-hetero) is 1. The third-order valence-electron chi connectivity index (χ3n) is 3.04. The lowest BCUT2D eigenvalue weighted by atomic mass is 10.1. The summed E-state index contributed by atoms with van der Waals surface area (Å²) >= 11 is 0. The van der Waals surface area contributed by atoms with Crippen LogP contribution in [0.3, 0.4) is 0 Å². The molecule has 2 aromatic carbocycles. The summed E-state index contributed by atoms with van der Waals surface area (Å²) in [5, 5.41) is 4.97. The Kier molecular flexibility index (Phi) is 4.68. The Morgan fingerprint density at radius 3 is 2.00 bits per heavy atom. The van der Waals surface area contributed by atoms with Crippen LogP contribution in [-0.2, 0) is 9.59 Å². The van der Waals surface area contributed by atoms with Gasteiger partial charge >= 0.3 is 11.8 Å². The van der Waals surface area contributed by atoms with Crippen molar-refractivity contribution in [2.24, 2.45) is 0 Å². The van der Waals surface area contributed by atoms with Crippen LogP contribution < -0.4 is 10.6 Å². The summed E-state index contributed by atoms with van der Waals surface area (Å²) in [6.45, 7) is 3.37. The highest BCUT2D eigenvalue weighted by molar-refractivity contribution is 6.43. The van der Waals surface area contributed by atoms with Gasteiger partial charge in [-0.2, -0.15) is 0 Å². The maximum absolute atomic E-state index is 11.9. The van der Waals surface area contributed by atoms with Gasteiger partial charge in [0, 0.05) is 16.9 Å². The van der Waals surface area contributed by atoms with Gasteiger partial charge in [0.15, 0.2) is 5.78 Å². The van der Waals surface area contributed by atoms with Gasteiger partial charge in [-0.15, -0.1) is 0 Å². The third kappa shape index (κ3) is 4.02. The van der Waals surface area contributed by atoms with Crippen molar-refractivity contribution < 1.29 is 14.4 Å². The van der Waals surface area contributed by atoms with Crippen molar-refractivity contribution in [1.29, 1.82) is 0 Å². The Morgan fingerprint density at radius 1 is 0.818 bits per heavy atom. The quantitative estimate of drug-likeness (QED) is 0.675. The molecule has 0 unspecified atom stereocenters. The number of nitrogens with one attached hydrogen (secondary N) is 2. The number of hydrogen-bond donors (Lipinski definition) is 2. The first-order chi connectivity index (χ1) is 10.5. The number of carbonyl (C=O) groups excluding carboxylic acids is 3. The second-order valence-electron chi connectivity index (χ2n) is 4.91. The van der Waals surface area contributed by atoms with Crippen LogP contribution in [0.5, 0.6) is 0 Å². The van der Waals surface area contributed by atoms with E-state index in [4.69, 9.17) is 0 Å². The highest BCUT2D eigenvalue weighted by Gasteiger charge is 2.14. The molecule has 0 aliphatic heterocycles. The summed E-state index contributed by atoms with van der Waals surface area (Å²) < 4.78 is 0. The molecule has 0 aliphatic carbocycles. The van der Waals surface area contributed by atoms with E-state index >= 15 is 0 Å². The number of ketones is 1. The van der Waals surface area contributed by atoms with Gasteiger partial charge in [0.05, 0.1) is 0 Å². The van der Waals surface area contributed by atoms with Gasteiger partial charge in [0.1, 0.15) is 0 Å². The third-order valence-corrected chi connectivity index (χ3v) is 3.04. The maximum Gasteiger partial charge on any atom is 0.314 e. The molecule has 0 aliphatic rings. The first-order valence-corrected chi connectivity index (χ1v) is 6.76. The van der Waals surface area contributed by atoms with Crippen LogP contribution in [-0.4, -0.2) is 17.6 Å². The number of hydrogen-bond acceptors (Lipinski definition) is 3. The number of anilines is 2. The molecular weight excluding hydrogens is 280 g/mol. The smallest absolute Gasteiger partial charge is 0.314 e. The molecule has 22 heavy (non-hydrogen) atoms. The van der Waals surface area contributed by atoms with E-state index in [0.717, 1.165) is 5.56 Å². The van der Waals surface area contributed by atoms with E-state index in [1.807, 2.05) is 19.1 Å². The van der Waals surface area contributed by atoms with Gasteiger partial charge in [-0.1, -0.05) is 29.8 Å². The number of amides is 2. The van der Waals surface area contributed by atoms with E-state index in [0.29, 0.717) is 16.9 Å². The summed E-state index contributed by atoms with van der Waals surface area (Å²) in [6, 6.07) is 13.5. The molecule has 2 amide bonds. The van der Waals surface area contributed by atoms with E-state index in [9.17, 15) is 14.4 Å². The minimum absolute atomic E-state index is 0.111. The molecule has 2 rings (SSSR count). The van der Waals surface area contributed by atoms with Gasteiger partial charge < -0.3 is 10.6 Å². The summed E-state index contributed by atoms with van der Waals surface area (Å²) in [5.41, 5.74) is 2.47. The molecule has 5 heteroatoms. The summed E-state index contributed by atoms with van der Waals surface area (Å²) in [6.07, 6.45) is 0. The Morgan fingerprint density at radius 2 is 1.41 bits per heavy atom. The summed E-state index contributed by atoms with van der Waals surface area (Å²) in [7, 11) is 0. The lowest BCUT2D eigenvalue weighted by Crippen LogP contribution is -2.29. The zero-order valence-corrected chi connectivity index (χ0v) is 12.3. The Hall–Kier alpha value is -2.95. The van der Waals surface area contributed by atoms with E-state index < -0.39 is 11.8 Å². The number of benzene rings is 2. The van der Waals surface area contributed by atoms with Crippen molar-refractivity contribution in [1.82, 2.24) is 0 Å². The molecule has 2 aromatic rings. The van der Waals surface area contributed by atoms with Crippen molar-refractivity contribution in [3.05, 3.63) is 59.7 Å². The van der Waals surface area contributed by atoms with Crippen molar-refractivity contribution in [3.8, 4) is 0 Å². The van der Waals surface area contributed by atoms with Gasteiger partial charge in [0.25, 0.3) is 0 Å². The molecule has 0 aromatic heterocycles. The van der Waals surface area contributed by atoms with Crippen molar-refractivity contribution in [3.63, 3.8) is 0 Å². The van der Waals surface area contributed by atoms with Gasteiger partial charge in [-0.3, -0.25) is 14.4 Å². The normalized spacial score (nSPS) is 9.91. The summed E-state index contributed by atoms with van der Waals surface area (Å²) in [5.74, 6) is -1.67. The first kappa shape index (κ1) is 15.4. The lowest BCUT2D eigenvalue weighted by molar-refractivity contribution is -0.132. The van der Waals surface area contributed by atoms with Crippen molar-refractivity contribution in [2.45, 2.75) is 13.8 Å². The minimum Gasteiger partial charge on any atom is -0.318 e. The van der Waals surface area contributed by atoms with E-state index in [-0.39, 0.29) is 5.78 Å². The van der Waals surface area contributed by atoms with E-state index in [1.54, 1.807) is 30.3 Å². The van der Waals surface area contributed by atoms with Gasteiger partial charge in [-0.25, -0.2) is 0 Å². The Labute approximate surface area is 128 Å². The zero-order valence-electron chi connectivity index (χ0n) is 12.3. The minimum atomic E-state index is -0.790. The molecule has 0 fully saturated rings. The predicted octanol–water partition coefficient (Wildman–Crippen LogP) is 2.77. The highest BCUT2D eigenvalue weighted by Crippen LogP contribution is 2.12. The van der Waals surface area contributed by atoms with E-state index in [1.165, 1.54) is 13.0 Å². The second kappa shape index (κ2) is 6.67. The Bertz CT molecular complexity index is 721. The summed E-state index contributed by atoms with van der Waals surface area (Å²) in [4.78, 5) is 35.0. The monoisotopic (exact) mass is 296 g/mol. The number of aryl methyl sites for hydroxylation is 1. The first-order valence-electron chi connectivity index (χ1n) is 6.76. The molecule has 0 bridgehead atoms. The van der Waals surface area contributed by atoms with Crippen molar-refractivity contribution >= 4 is 29.0 Å². The molecular formula is C17H16N2O3. The zero-order chi connectivity index (χ0) is 16.1. The van der Waals surface area contributed by atoms with Crippen LogP contribution in [0, 0.1) is 6.92 Å². The van der Waals surface area contributed by atoms with Crippen LogP contribution in [0.1, 0.15) is 22.8 Å². The molecule has 0 atom stereocenters. The maximum atomic E-state index is 11.9. The van der Waals surface area contributed by atoms with Crippen LogP contribution in [0.2, 0.25) is 0 Å². The van der Waals surface area contributed by atoms with Crippen LogP contribution in [0.4, 0.5) is 11.4 Å². The average Bonchev–Trinajstić information content (AvgIpc) is 2.49. The second-order valence-corrected chi connectivity index (χ2v) is 4.91. The molecule has 2 N–H and O–H groups in total. The standard InChI is InChI=1S/C17H16N2O3/c1-11-6-8-14(9-7-11)18-16(21)17(22)19-15-5-3-4-13(10-15)12(2)20/h3-10H,1-2H3,(H,18,21)(H,19,22). The highest BCUT2D eigenvalue weighted by atomic mass is 16.2. The molecule has 112 valence electrons. The number of carbonyl (C=O) groups is 3. The predicted molar refractivity (Wildman–Crippen MR) is 84.9 cm³/mol. The van der Waals surface area contributed by atoms with Gasteiger partial charge in [-0.05, 0) is 38.1 Å². The van der Waals surface area contributed by atoms with Crippen LogP contribution >= 0.6 is 0 Å². The van der Waals surface area contributed by atoms with Crippen molar-refractivity contribution in [2.75, 3.05) is 10.6 Å². The average molecular weight is 296 g/mol. The molecule has 0 saturated heterocycles. The molecule has 0 spiro atoms. The lowest BCUT2D eigenvalue weighted by Gasteiger charge is -2.07. The topological polar surface area (TPSA) is 75.3 Å². The van der Waals surface area contributed by atoms with Gasteiger partial charge in [0.2, 0.25) is 0 Å². The molecule has 0 radical (unpaired) electrons. The number of rotatable bonds is 3. The fourth-order valence-corrected chi connectivity index (χ4v) is 1.83. The van der Waals surface area contributed by atoms with Crippen LogP contribution in [0.25, 0.3) is 0 Å². The fraction of sp³-hybridized carbons (Fsp3) is 0.118. The largest absolute Gasteiger partial charge is 0.318 e. The molecule has 0 heterocycles. The Balaban J connectivity index is 2.02. The van der Waals surface area contributed by atoms with Crippen LogP contribution in [0.15, 0.2) is 48.5 Å². The fourth-order valence-electron chi connectivity index (χ4n) is 1.83. The van der Waals surface area contributed by atoms with E-state index in [2.05, 4.69) is 10.6 Å². The molecule has 0 saturated carbocycles. The SMILES string of the molecule is CC(=O)c1cccc(NC(=O)C(=O)Nc2ccc(C)cc2)c1.